The Hall–Kier alpha value is -1.39. The van der Waals surface area contributed by atoms with Crippen LogP contribution in [0.4, 0.5) is 0 Å². The van der Waals surface area contributed by atoms with Gasteiger partial charge in [-0.25, -0.2) is 0 Å². The number of nitrogens with one attached hydrogen (secondary N) is 2. The SMILES string of the molecule is CCNC1COCC1C(=O)NC(CC)c1ccccc1. The highest BCUT2D eigenvalue weighted by molar-refractivity contribution is 5.80. The Morgan fingerprint density at radius 1 is 1.30 bits per heavy atom. The maximum Gasteiger partial charge on any atom is 0.227 e. The van der Waals surface area contributed by atoms with Crippen molar-refractivity contribution < 1.29 is 9.53 Å². The van der Waals surface area contributed by atoms with Gasteiger partial charge in [0.2, 0.25) is 5.91 Å². The molecule has 1 saturated heterocycles. The molecule has 20 heavy (non-hydrogen) atoms. The maximum atomic E-state index is 12.4. The third-order valence-corrected chi connectivity index (χ3v) is 3.81. The van der Waals surface area contributed by atoms with Crippen LogP contribution in [0.3, 0.4) is 0 Å². The molecule has 3 unspecified atom stereocenters. The zero-order valence-electron chi connectivity index (χ0n) is 12.3. The van der Waals surface area contributed by atoms with Crippen molar-refractivity contribution in [2.24, 2.45) is 5.92 Å². The predicted molar refractivity (Wildman–Crippen MR) is 79.4 cm³/mol. The monoisotopic (exact) mass is 276 g/mol. The van der Waals surface area contributed by atoms with Crippen molar-refractivity contribution in [1.82, 2.24) is 10.6 Å². The van der Waals surface area contributed by atoms with E-state index < -0.39 is 0 Å². The molecule has 0 aliphatic carbocycles. The number of likely N-dealkylation sites (N-methyl/N-ethyl adjacent to an activating group) is 1. The molecular weight excluding hydrogens is 252 g/mol. The van der Waals surface area contributed by atoms with Crippen LogP contribution in [0.2, 0.25) is 0 Å². The van der Waals surface area contributed by atoms with Crippen molar-refractivity contribution in [3.05, 3.63) is 35.9 Å². The first-order chi connectivity index (χ1) is 9.76. The lowest BCUT2D eigenvalue weighted by atomic mass is 9.99. The van der Waals surface area contributed by atoms with Gasteiger partial charge in [-0.2, -0.15) is 0 Å². The fraction of sp³-hybridized carbons (Fsp3) is 0.562. The van der Waals surface area contributed by atoms with E-state index in [1.807, 2.05) is 25.1 Å². The van der Waals surface area contributed by atoms with Gasteiger partial charge in [-0.15, -0.1) is 0 Å². The van der Waals surface area contributed by atoms with E-state index in [4.69, 9.17) is 4.74 Å². The highest BCUT2D eigenvalue weighted by Crippen LogP contribution is 2.19. The maximum absolute atomic E-state index is 12.4. The van der Waals surface area contributed by atoms with Gasteiger partial charge in [0.05, 0.1) is 25.2 Å². The number of carbonyl (C=O) groups is 1. The molecule has 0 bridgehead atoms. The number of hydrogen-bond donors (Lipinski definition) is 2. The normalized spacial score (nSPS) is 23.5. The number of benzene rings is 1. The average molecular weight is 276 g/mol. The smallest absolute Gasteiger partial charge is 0.227 e. The first-order valence-electron chi connectivity index (χ1n) is 7.42. The minimum Gasteiger partial charge on any atom is -0.379 e. The van der Waals surface area contributed by atoms with Crippen LogP contribution < -0.4 is 10.6 Å². The molecule has 1 heterocycles. The molecule has 2 N–H and O–H groups in total. The number of carbonyl (C=O) groups excluding carboxylic acids is 1. The van der Waals surface area contributed by atoms with E-state index in [0.717, 1.165) is 18.5 Å². The standard InChI is InChI=1S/C16H24N2O2/c1-3-14(12-8-6-5-7-9-12)18-16(19)13-10-20-11-15(13)17-4-2/h5-9,13-15,17H,3-4,10-11H2,1-2H3,(H,18,19). The molecule has 2 rings (SSSR count). The molecule has 0 saturated carbocycles. The summed E-state index contributed by atoms with van der Waals surface area (Å²) in [6.45, 7) is 6.12. The van der Waals surface area contributed by atoms with Crippen molar-refractivity contribution in [2.75, 3.05) is 19.8 Å². The van der Waals surface area contributed by atoms with Gasteiger partial charge in [-0.05, 0) is 18.5 Å². The number of amides is 1. The predicted octanol–water partition coefficient (Wildman–Crippen LogP) is 1.88. The van der Waals surface area contributed by atoms with Crippen molar-refractivity contribution in [2.45, 2.75) is 32.4 Å². The van der Waals surface area contributed by atoms with E-state index >= 15 is 0 Å². The molecule has 110 valence electrons. The highest BCUT2D eigenvalue weighted by Gasteiger charge is 2.34. The van der Waals surface area contributed by atoms with Gasteiger partial charge >= 0.3 is 0 Å². The van der Waals surface area contributed by atoms with Crippen LogP contribution >= 0.6 is 0 Å². The van der Waals surface area contributed by atoms with Crippen LogP contribution in [0, 0.1) is 5.92 Å². The molecule has 4 nitrogen and oxygen atoms in total. The number of rotatable bonds is 6. The molecule has 1 aliphatic rings. The van der Waals surface area contributed by atoms with Crippen LogP contribution in [0.1, 0.15) is 31.9 Å². The third-order valence-electron chi connectivity index (χ3n) is 3.81. The summed E-state index contributed by atoms with van der Waals surface area (Å²) < 4.78 is 5.44. The van der Waals surface area contributed by atoms with Crippen molar-refractivity contribution in [1.29, 1.82) is 0 Å². The second-order valence-electron chi connectivity index (χ2n) is 5.19. The van der Waals surface area contributed by atoms with E-state index in [-0.39, 0.29) is 23.9 Å². The van der Waals surface area contributed by atoms with E-state index in [1.165, 1.54) is 0 Å². The second kappa shape index (κ2) is 7.41. The first-order valence-corrected chi connectivity index (χ1v) is 7.42. The molecule has 1 amide bonds. The van der Waals surface area contributed by atoms with E-state index in [0.29, 0.717) is 13.2 Å². The number of hydrogen-bond acceptors (Lipinski definition) is 3. The Morgan fingerprint density at radius 2 is 2.05 bits per heavy atom. The van der Waals surface area contributed by atoms with Gasteiger partial charge in [0.15, 0.2) is 0 Å². The average Bonchev–Trinajstić information content (AvgIpc) is 2.94. The first kappa shape index (κ1) is 15.0. The summed E-state index contributed by atoms with van der Waals surface area (Å²) in [7, 11) is 0. The lowest BCUT2D eigenvalue weighted by Gasteiger charge is -2.22. The fourth-order valence-corrected chi connectivity index (χ4v) is 2.66. The topological polar surface area (TPSA) is 50.4 Å². The van der Waals surface area contributed by atoms with Gasteiger partial charge in [0, 0.05) is 6.04 Å². The Labute approximate surface area is 120 Å². The van der Waals surface area contributed by atoms with Crippen LogP contribution in [-0.2, 0) is 9.53 Å². The lowest BCUT2D eigenvalue weighted by Crippen LogP contribution is -2.44. The van der Waals surface area contributed by atoms with E-state index in [1.54, 1.807) is 0 Å². The summed E-state index contributed by atoms with van der Waals surface area (Å²) in [5, 5.41) is 6.48. The highest BCUT2D eigenvalue weighted by atomic mass is 16.5. The largest absolute Gasteiger partial charge is 0.379 e. The molecule has 1 fully saturated rings. The molecule has 3 atom stereocenters. The van der Waals surface area contributed by atoms with Crippen molar-refractivity contribution in [3.8, 4) is 0 Å². The van der Waals surface area contributed by atoms with Gasteiger partial charge in [0.25, 0.3) is 0 Å². The Balaban J connectivity index is 1.99. The molecule has 0 radical (unpaired) electrons. The Bertz CT molecular complexity index is 422. The molecule has 4 heteroatoms. The van der Waals surface area contributed by atoms with Gasteiger partial charge in [-0.1, -0.05) is 44.2 Å². The van der Waals surface area contributed by atoms with Crippen molar-refractivity contribution in [3.63, 3.8) is 0 Å². The fourth-order valence-electron chi connectivity index (χ4n) is 2.66. The quantitative estimate of drug-likeness (QED) is 0.834. The molecule has 0 aromatic heterocycles. The molecule has 0 spiro atoms. The van der Waals surface area contributed by atoms with Crippen LogP contribution in [0.25, 0.3) is 0 Å². The Kier molecular flexibility index (Phi) is 5.56. The summed E-state index contributed by atoms with van der Waals surface area (Å²) in [6, 6.07) is 10.3. The Morgan fingerprint density at radius 3 is 2.70 bits per heavy atom. The van der Waals surface area contributed by atoms with E-state index in [2.05, 4.69) is 29.7 Å². The zero-order chi connectivity index (χ0) is 14.4. The van der Waals surface area contributed by atoms with Crippen molar-refractivity contribution >= 4 is 5.91 Å². The van der Waals surface area contributed by atoms with Gasteiger partial charge in [0.1, 0.15) is 0 Å². The zero-order valence-corrected chi connectivity index (χ0v) is 12.3. The summed E-state index contributed by atoms with van der Waals surface area (Å²) >= 11 is 0. The minimum absolute atomic E-state index is 0.0755. The third kappa shape index (κ3) is 3.58. The molecule has 1 aromatic rings. The summed E-state index contributed by atoms with van der Waals surface area (Å²) in [4.78, 5) is 12.4. The van der Waals surface area contributed by atoms with Gasteiger partial charge < -0.3 is 15.4 Å². The van der Waals surface area contributed by atoms with Crippen LogP contribution in [0.5, 0.6) is 0 Å². The van der Waals surface area contributed by atoms with Crippen LogP contribution in [-0.4, -0.2) is 31.7 Å². The number of ether oxygens (including phenoxy) is 1. The van der Waals surface area contributed by atoms with Crippen LogP contribution in [0.15, 0.2) is 30.3 Å². The molecule has 1 aliphatic heterocycles. The lowest BCUT2D eigenvalue weighted by molar-refractivity contribution is -0.126. The molecular formula is C16H24N2O2. The molecule has 1 aromatic carbocycles. The second-order valence-corrected chi connectivity index (χ2v) is 5.19. The van der Waals surface area contributed by atoms with E-state index in [9.17, 15) is 4.79 Å². The summed E-state index contributed by atoms with van der Waals surface area (Å²) in [6.07, 6.45) is 0.884. The van der Waals surface area contributed by atoms with Gasteiger partial charge in [-0.3, -0.25) is 4.79 Å². The summed E-state index contributed by atoms with van der Waals surface area (Å²) in [5.41, 5.74) is 1.15. The minimum atomic E-state index is -0.0901. The summed E-state index contributed by atoms with van der Waals surface area (Å²) in [5.74, 6) is -0.00290.